The van der Waals surface area contributed by atoms with Crippen LogP contribution in [0.5, 0.6) is 0 Å². The number of urea groups is 1. The molecule has 2 rings (SSSR count). The fourth-order valence-electron chi connectivity index (χ4n) is 2.25. The summed E-state index contributed by atoms with van der Waals surface area (Å²) in [5.41, 5.74) is 6.03. The predicted octanol–water partition coefficient (Wildman–Crippen LogP) is 3.08. The zero-order chi connectivity index (χ0) is 16.8. The van der Waals surface area contributed by atoms with Gasteiger partial charge in [0.1, 0.15) is 0 Å². The Labute approximate surface area is 139 Å². The molecule has 3 N–H and O–H groups in total. The Morgan fingerprint density at radius 1 is 1.17 bits per heavy atom. The minimum atomic E-state index is -0.258. The average Bonchev–Trinajstić information content (AvgIpc) is 2.96. The zero-order valence-electron chi connectivity index (χ0n) is 13.4. The van der Waals surface area contributed by atoms with Gasteiger partial charge in [-0.3, -0.25) is 4.79 Å². The molecule has 7 heteroatoms. The molecule has 1 heterocycles. The van der Waals surface area contributed by atoms with Crippen LogP contribution in [-0.2, 0) is 11.2 Å². The largest absolute Gasteiger partial charge is 0.337 e. The highest BCUT2D eigenvalue weighted by atomic mass is 32.1. The highest BCUT2D eigenvalue weighted by molar-refractivity contribution is 7.07. The van der Waals surface area contributed by atoms with Crippen molar-refractivity contribution in [2.45, 2.75) is 27.2 Å². The molecule has 23 heavy (non-hydrogen) atoms. The number of carbonyl (C=O) groups is 2. The maximum atomic E-state index is 11.9. The summed E-state index contributed by atoms with van der Waals surface area (Å²) in [7, 11) is 0. The lowest BCUT2D eigenvalue weighted by Gasteiger charge is -2.14. The molecule has 0 unspecified atom stereocenters. The molecule has 2 aromatic rings. The van der Waals surface area contributed by atoms with Gasteiger partial charge in [0.25, 0.3) is 0 Å². The van der Waals surface area contributed by atoms with Crippen LogP contribution in [0.1, 0.15) is 23.7 Å². The highest BCUT2D eigenvalue weighted by Crippen LogP contribution is 2.24. The number of carbonyl (C=O) groups excluding carboxylic acids is 2. The lowest BCUT2D eigenvalue weighted by atomic mass is 10.1. The van der Waals surface area contributed by atoms with Crippen molar-refractivity contribution in [1.29, 1.82) is 0 Å². The van der Waals surface area contributed by atoms with Crippen LogP contribution < -0.4 is 16.0 Å². The van der Waals surface area contributed by atoms with Crippen molar-refractivity contribution in [2.75, 3.05) is 17.2 Å². The number of benzene rings is 1. The van der Waals surface area contributed by atoms with Crippen LogP contribution in [0.2, 0.25) is 0 Å². The van der Waals surface area contributed by atoms with Crippen molar-refractivity contribution in [1.82, 2.24) is 10.3 Å². The van der Waals surface area contributed by atoms with Gasteiger partial charge in [0.05, 0.1) is 11.2 Å². The number of hydrogen-bond acceptors (Lipinski definition) is 4. The summed E-state index contributed by atoms with van der Waals surface area (Å²) in [5.74, 6) is -0.114. The van der Waals surface area contributed by atoms with E-state index in [1.165, 1.54) is 6.92 Å². The van der Waals surface area contributed by atoms with Gasteiger partial charge in [-0.15, -0.1) is 11.3 Å². The lowest BCUT2D eigenvalue weighted by Crippen LogP contribution is -2.30. The van der Waals surface area contributed by atoms with E-state index in [4.69, 9.17) is 0 Å². The minimum absolute atomic E-state index is 0.114. The van der Waals surface area contributed by atoms with E-state index < -0.39 is 0 Å². The van der Waals surface area contributed by atoms with Crippen LogP contribution in [0.3, 0.4) is 0 Å². The first-order valence-corrected chi connectivity index (χ1v) is 8.20. The second-order valence-corrected chi connectivity index (χ2v) is 6.00. The van der Waals surface area contributed by atoms with Crippen LogP contribution in [0, 0.1) is 13.8 Å². The van der Waals surface area contributed by atoms with E-state index in [-0.39, 0.29) is 11.9 Å². The summed E-state index contributed by atoms with van der Waals surface area (Å²) in [4.78, 5) is 27.3. The highest BCUT2D eigenvalue weighted by Gasteiger charge is 2.08. The van der Waals surface area contributed by atoms with E-state index >= 15 is 0 Å². The number of nitrogens with one attached hydrogen (secondary N) is 3. The number of amides is 3. The molecular weight excluding hydrogens is 312 g/mol. The van der Waals surface area contributed by atoms with E-state index in [2.05, 4.69) is 20.9 Å². The smallest absolute Gasteiger partial charge is 0.319 e. The Hall–Kier alpha value is -2.41. The van der Waals surface area contributed by atoms with E-state index in [9.17, 15) is 9.59 Å². The molecule has 0 radical (unpaired) electrons. The number of nitrogens with zero attached hydrogens (tertiary/aromatic N) is 1. The molecule has 0 atom stereocenters. The van der Waals surface area contributed by atoms with Crippen LogP contribution in [0.4, 0.5) is 16.2 Å². The van der Waals surface area contributed by atoms with Crippen LogP contribution in [-0.4, -0.2) is 23.5 Å². The van der Waals surface area contributed by atoms with Crippen molar-refractivity contribution >= 4 is 34.6 Å². The Kier molecular flexibility index (Phi) is 5.70. The maximum Gasteiger partial charge on any atom is 0.319 e. The van der Waals surface area contributed by atoms with Gasteiger partial charge in [0.15, 0.2) is 0 Å². The molecule has 3 amide bonds. The Morgan fingerprint density at radius 3 is 2.43 bits per heavy atom. The third kappa shape index (κ3) is 5.07. The first-order chi connectivity index (χ1) is 11.0. The Bertz CT molecular complexity index is 675. The van der Waals surface area contributed by atoms with Crippen molar-refractivity contribution in [3.05, 3.63) is 39.8 Å². The molecule has 0 aliphatic carbocycles. The van der Waals surface area contributed by atoms with E-state index in [1.807, 2.05) is 31.4 Å². The van der Waals surface area contributed by atoms with E-state index in [0.717, 1.165) is 22.5 Å². The Balaban J connectivity index is 1.91. The SMILES string of the molecule is CC(=O)Nc1c(C)cc(NC(=O)NCCc2cscn2)cc1C. The van der Waals surface area contributed by atoms with Gasteiger partial charge in [0, 0.05) is 36.6 Å². The number of hydrogen-bond donors (Lipinski definition) is 3. The third-order valence-electron chi connectivity index (χ3n) is 3.24. The monoisotopic (exact) mass is 332 g/mol. The maximum absolute atomic E-state index is 11.9. The van der Waals surface area contributed by atoms with Crippen molar-refractivity contribution in [3.8, 4) is 0 Å². The van der Waals surface area contributed by atoms with Crippen LogP contribution in [0.25, 0.3) is 0 Å². The molecule has 1 aromatic carbocycles. The number of rotatable bonds is 5. The quantitative estimate of drug-likeness (QED) is 0.787. The number of anilines is 2. The molecule has 0 aliphatic heterocycles. The summed E-state index contributed by atoms with van der Waals surface area (Å²) in [6.07, 6.45) is 0.705. The third-order valence-corrected chi connectivity index (χ3v) is 3.88. The molecule has 0 fully saturated rings. The summed E-state index contributed by atoms with van der Waals surface area (Å²) in [6, 6.07) is 3.41. The summed E-state index contributed by atoms with van der Waals surface area (Å²) < 4.78 is 0. The number of aromatic nitrogens is 1. The normalized spacial score (nSPS) is 10.2. The summed E-state index contributed by atoms with van der Waals surface area (Å²) >= 11 is 1.54. The molecule has 1 aromatic heterocycles. The molecule has 122 valence electrons. The fraction of sp³-hybridized carbons (Fsp3) is 0.312. The Morgan fingerprint density at radius 2 is 1.87 bits per heavy atom. The standard InChI is InChI=1S/C16H20N4O2S/c1-10-6-14(7-11(2)15(10)19-12(3)21)20-16(22)17-5-4-13-8-23-9-18-13/h6-9H,4-5H2,1-3H3,(H,19,21)(H2,17,20,22). The molecule has 0 saturated heterocycles. The van der Waals surface area contributed by atoms with Gasteiger partial charge in [0.2, 0.25) is 5.91 Å². The van der Waals surface area contributed by atoms with Gasteiger partial charge in [-0.05, 0) is 37.1 Å². The lowest BCUT2D eigenvalue weighted by molar-refractivity contribution is -0.114. The predicted molar refractivity (Wildman–Crippen MR) is 93.1 cm³/mol. The first-order valence-electron chi connectivity index (χ1n) is 7.26. The van der Waals surface area contributed by atoms with Gasteiger partial charge in [-0.25, -0.2) is 9.78 Å². The molecule has 0 aliphatic rings. The van der Waals surface area contributed by atoms with Crippen molar-refractivity contribution in [2.24, 2.45) is 0 Å². The zero-order valence-corrected chi connectivity index (χ0v) is 14.2. The number of thiazole rings is 1. The molecule has 0 bridgehead atoms. The average molecular weight is 332 g/mol. The summed E-state index contributed by atoms with van der Waals surface area (Å²) in [6.45, 7) is 5.78. The second kappa shape index (κ2) is 7.73. The molecule has 0 spiro atoms. The van der Waals surface area contributed by atoms with Gasteiger partial charge < -0.3 is 16.0 Å². The van der Waals surface area contributed by atoms with Gasteiger partial charge in [-0.1, -0.05) is 0 Å². The number of aryl methyl sites for hydroxylation is 2. The van der Waals surface area contributed by atoms with Crippen molar-refractivity contribution in [3.63, 3.8) is 0 Å². The fourth-order valence-corrected chi connectivity index (χ4v) is 2.84. The molecular formula is C16H20N4O2S. The minimum Gasteiger partial charge on any atom is -0.337 e. The van der Waals surface area contributed by atoms with Crippen LogP contribution in [0.15, 0.2) is 23.0 Å². The molecule has 0 saturated carbocycles. The van der Waals surface area contributed by atoms with E-state index in [1.54, 1.807) is 16.8 Å². The first kappa shape index (κ1) is 17.0. The van der Waals surface area contributed by atoms with Crippen LogP contribution >= 0.6 is 11.3 Å². The van der Waals surface area contributed by atoms with Crippen molar-refractivity contribution < 1.29 is 9.59 Å². The topological polar surface area (TPSA) is 83.1 Å². The van der Waals surface area contributed by atoms with Gasteiger partial charge in [-0.2, -0.15) is 0 Å². The second-order valence-electron chi connectivity index (χ2n) is 5.28. The van der Waals surface area contributed by atoms with E-state index in [0.29, 0.717) is 18.7 Å². The summed E-state index contributed by atoms with van der Waals surface area (Å²) in [5, 5.41) is 10.4. The van der Waals surface area contributed by atoms with Gasteiger partial charge >= 0.3 is 6.03 Å². The molecule has 6 nitrogen and oxygen atoms in total.